The molecule has 0 aliphatic heterocycles. The SMILES string of the molecule is CC=CC=C(CC(NC(=O)OC(C)(C)C)C(O)CCC(=O)O)C(C)C. The molecule has 0 aliphatic carbocycles. The van der Waals surface area contributed by atoms with Crippen LogP contribution >= 0.6 is 0 Å². The highest BCUT2D eigenvalue weighted by Gasteiger charge is 2.26. The average molecular weight is 355 g/mol. The van der Waals surface area contributed by atoms with Gasteiger partial charge in [-0.05, 0) is 46.5 Å². The molecule has 0 heterocycles. The number of carboxylic acid groups (broad SMARTS) is 1. The van der Waals surface area contributed by atoms with Crippen molar-refractivity contribution in [3.05, 3.63) is 23.8 Å². The number of alkyl carbamates (subject to hydrolysis) is 1. The van der Waals surface area contributed by atoms with Crippen LogP contribution in [-0.4, -0.2) is 40.0 Å². The summed E-state index contributed by atoms with van der Waals surface area (Å²) in [7, 11) is 0. The first-order valence-electron chi connectivity index (χ1n) is 8.67. The third-order valence-electron chi connectivity index (χ3n) is 3.52. The van der Waals surface area contributed by atoms with Crippen LogP contribution in [0, 0.1) is 5.92 Å². The van der Waals surface area contributed by atoms with E-state index in [2.05, 4.69) is 5.32 Å². The van der Waals surface area contributed by atoms with Gasteiger partial charge in [0.25, 0.3) is 0 Å². The van der Waals surface area contributed by atoms with Crippen LogP contribution in [0.3, 0.4) is 0 Å². The Labute approximate surface area is 151 Å². The van der Waals surface area contributed by atoms with Crippen molar-refractivity contribution in [2.45, 2.75) is 78.6 Å². The van der Waals surface area contributed by atoms with Crippen molar-refractivity contribution >= 4 is 12.1 Å². The number of amides is 1. The van der Waals surface area contributed by atoms with Crippen molar-refractivity contribution in [2.75, 3.05) is 0 Å². The minimum atomic E-state index is -0.983. The molecular weight excluding hydrogens is 322 g/mol. The minimum Gasteiger partial charge on any atom is -0.481 e. The number of rotatable bonds is 9. The first kappa shape index (κ1) is 23.2. The first-order chi connectivity index (χ1) is 11.5. The second-order valence-electron chi connectivity index (χ2n) is 7.38. The number of carbonyl (C=O) groups excluding carboxylic acids is 1. The Kier molecular flexibility index (Phi) is 10.1. The van der Waals surface area contributed by atoms with E-state index in [9.17, 15) is 14.7 Å². The molecular formula is C19H33NO5. The van der Waals surface area contributed by atoms with Gasteiger partial charge in [0.1, 0.15) is 5.60 Å². The molecule has 0 saturated heterocycles. The summed E-state index contributed by atoms with van der Waals surface area (Å²) in [6.07, 6.45) is 4.48. The third kappa shape index (κ3) is 11.4. The molecule has 0 aromatic rings. The van der Waals surface area contributed by atoms with Crippen LogP contribution in [0.1, 0.15) is 60.8 Å². The van der Waals surface area contributed by atoms with E-state index >= 15 is 0 Å². The average Bonchev–Trinajstić information content (AvgIpc) is 2.45. The minimum absolute atomic E-state index is 0.0603. The zero-order chi connectivity index (χ0) is 19.6. The van der Waals surface area contributed by atoms with Gasteiger partial charge in [0.05, 0.1) is 12.1 Å². The Balaban J connectivity index is 5.22. The van der Waals surface area contributed by atoms with Gasteiger partial charge in [-0.2, -0.15) is 0 Å². The van der Waals surface area contributed by atoms with Gasteiger partial charge in [-0.25, -0.2) is 4.79 Å². The molecule has 0 fully saturated rings. The predicted molar refractivity (Wildman–Crippen MR) is 98.4 cm³/mol. The van der Waals surface area contributed by atoms with Gasteiger partial charge in [-0.1, -0.05) is 37.6 Å². The topological polar surface area (TPSA) is 95.9 Å². The number of ether oxygens (including phenoxy) is 1. The molecule has 2 atom stereocenters. The summed E-state index contributed by atoms with van der Waals surface area (Å²) in [5.74, 6) is -0.755. The Morgan fingerprint density at radius 3 is 2.28 bits per heavy atom. The lowest BCUT2D eigenvalue weighted by Crippen LogP contribution is -2.46. The van der Waals surface area contributed by atoms with Gasteiger partial charge < -0.3 is 20.3 Å². The first-order valence-corrected chi connectivity index (χ1v) is 8.67. The predicted octanol–water partition coefficient (Wildman–Crippen LogP) is 3.65. The van der Waals surface area contributed by atoms with E-state index in [0.29, 0.717) is 6.42 Å². The Morgan fingerprint density at radius 2 is 1.84 bits per heavy atom. The molecule has 3 N–H and O–H groups in total. The number of aliphatic hydroxyl groups is 1. The highest BCUT2D eigenvalue weighted by molar-refractivity contribution is 5.68. The van der Waals surface area contributed by atoms with Crippen LogP contribution < -0.4 is 5.32 Å². The molecule has 0 saturated carbocycles. The van der Waals surface area contributed by atoms with Crippen molar-refractivity contribution in [1.29, 1.82) is 0 Å². The number of aliphatic hydroxyl groups excluding tert-OH is 1. The standard InChI is InChI=1S/C19H33NO5/c1-7-8-9-14(13(2)3)12-15(16(21)10-11-17(22)23)20-18(24)25-19(4,5)6/h7-9,13,15-16,21H,10-12H2,1-6H3,(H,20,24)(H,22,23). The van der Waals surface area contributed by atoms with Gasteiger partial charge in [0.15, 0.2) is 0 Å². The van der Waals surface area contributed by atoms with E-state index in [1.54, 1.807) is 20.8 Å². The summed E-state index contributed by atoms with van der Waals surface area (Å²) < 4.78 is 5.26. The van der Waals surface area contributed by atoms with Crippen LogP contribution in [-0.2, 0) is 9.53 Å². The van der Waals surface area contributed by atoms with Gasteiger partial charge >= 0.3 is 12.1 Å². The zero-order valence-electron chi connectivity index (χ0n) is 16.2. The second kappa shape index (κ2) is 10.9. The molecule has 0 aliphatic rings. The van der Waals surface area contributed by atoms with E-state index in [0.717, 1.165) is 5.57 Å². The Morgan fingerprint density at radius 1 is 1.24 bits per heavy atom. The van der Waals surface area contributed by atoms with E-state index in [-0.39, 0.29) is 18.8 Å². The van der Waals surface area contributed by atoms with E-state index in [1.807, 2.05) is 39.0 Å². The van der Waals surface area contributed by atoms with Crippen LogP contribution in [0.4, 0.5) is 4.79 Å². The van der Waals surface area contributed by atoms with Gasteiger partial charge in [0, 0.05) is 6.42 Å². The Hall–Kier alpha value is -1.82. The number of hydrogen-bond donors (Lipinski definition) is 3. The quantitative estimate of drug-likeness (QED) is 0.549. The number of carboxylic acids is 1. The molecule has 6 heteroatoms. The lowest BCUT2D eigenvalue weighted by Gasteiger charge is -2.28. The van der Waals surface area contributed by atoms with E-state index in [1.165, 1.54) is 0 Å². The van der Waals surface area contributed by atoms with Gasteiger partial charge in [0.2, 0.25) is 0 Å². The van der Waals surface area contributed by atoms with Crippen molar-refractivity contribution in [3.63, 3.8) is 0 Å². The summed E-state index contributed by atoms with van der Waals surface area (Å²) in [5, 5.41) is 21.9. The number of nitrogens with one attached hydrogen (secondary N) is 1. The fourth-order valence-electron chi connectivity index (χ4n) is 2.18. The molecule has 6 nitrogen and oxygen atoms in total. The van der Waals surface area contributed by atoms with Crippen molar-refractivity contribution in [3.8, 4) is 0 Å². The van der Waals surface area contributed by atoms with Crippen LogP contribution in [0.15, 0.2) is 23.8 Å². The maximum atomic E-state index is 12.1. The van der Waals surface area contributed by atoms with Crippen LogP contribution in [0.2, 0.25) is 0 Å². The molecule has 0 radical (unpaired) electrons. The molecule has 0 rings (SSSR count). The third-order valence-corrected chi connectivity index (χ3v) is 3.52. The summed E-state index contributed by atoms with van der Waals surface area (Å²) in [6.45, 7) is 11.2. The molecule has 1 amide bonds. The number of hydrogen-bond acceptors (Lipinski definition) is 4. The largest absolute Gasteiger partial charge is 0.481 e. The lowest BCUT2D eigenvalue weighted by atomic mass is 9.91. The number of carbonyl (C=O) groups is 2. The fourth-order valence-corrected chi connectivity index (χ4v) is 2.18. The van der Waals surface area contributed by atoms with E-state index < -0.39 is 29.8 Å². The maximum absolute atomic E-state index is 12.1. The lowest BCUT2D eigenvalue weighted by molar-refractivity contribution is -0.137. The molecule has 0 spiro atoms. The molecule has 0 aromatic carbocycles. The fraction of sp³-hybridized carbons (Fsp3) is 0.684. The second-order valence-corrected chi connectivity index (χ2v) is 7.38. The van der Waals surface area contributed by atoms with Gasteiger partial charge in [-0.3, -0.25) is 4.79 Å². The molecule has 0 bridgehead atoms. The van der Waals surface area contributed by atoms with Crippen molar-refractivity contribution in [1.82, 2.24) is 5.32 Å². The normalized spacial score (nSPS) is 15.3. The number of allylic oxidation sites excluding steroid dienone is 3. The highest BCUT2D eigenvalue weighted by atomic mass is 16.6. The molecule has 144 valence electrons. The molecule has 25 heavy (non-hydrogen) atoms. The van der Waals surface area contributed by atoms with Crippen molar-refractivity contribution < 1.29 is 24.5 Å². The summed E-state index contributed by atoms with van der Waals surface area (Å²) >= 11 is 0. The molecule has 0 aromatic heterocycles. The highest BCUT2D eigenvalue weighted by Crippen LogP contribution is 2.20. The van der Waals surface area contributed by atoms with Crippen LogP contribution in [0.25, 0.3) is 0 Å². The zero-order valence-corrected chi connectivity index (χ0v) is 16.2. The van der Waals surface area contributed by atoms with Crippen LogP contribution in [0.5, 0.6) is 0 Å². The smallest absolute Gasteiger partial charge is 0.407 e. The summed E-state index contributed by atoms with van der Waals surface area (Å²) in [6, 6.07) is -0.617. The summed E-state index contributed by atoms with van der Waals surface area (Å²) in [5.41, 5.74) is 0.399. The monoisotopic (exact) mass is 355 g/mol. The molecule has 2 unspecified atom stereocenters. The van der Waals surface area contributed by atoms with Crippen molar-refractivity contribution in [2.24, 2.45) is 5.92 Å². The number of aliphatic carboxylic acids is 1. The summed E-state index contributed by atoms with van der Waals surface area (Å²) in [4.78, 5) is 22.8. The maximum Gasteiger partial charge on any atom is 0.407 e. The van der Waals surface area contributed by atoms with Gasteiger partial charge in [-0.15, -0.1) is 0 Å². The Bertz CT molecular complexity index is 489. The van der Waals surface area contributed by atoms with E-state index in [4.69, 9.17) is 9.84 Å².